The average Bonchev–Trinajstić information content (AvgIpc) is 3.59. The fraction of sp³-hybridized carbons (Fsp3) is 0.292. The molecule has 182 valence electrons. The quantitative estimate of drug-likeness (QED) is 0.274. The summed E-state index contributed by atoms with van der Waals surface area (Å²) in [5.41, 5.74) is 1.84. The van der Waals surface area contributed by atoms with Crippen LogP contribution in [-0.2, 0) is 11.8 Å². The molecular formula is C24H26N6O2S3. The van der Waals surface area contributed by atoms with E-state index < -0.39 is 0 Å². The molecule has 0 aliphatic heterocycles. The van der Waals surface area contributed by atoms with Crippen LogP contribution in [0.2, 0.25) is 0 Å². The summed E-state index contributed by atoms with van der Waals surface area (Å²) in [5.74, 6) is 0.891. The van der Waals surface area contributed by atoms with E-state index in [4.69, 9.17) is 0 Å². The molecule has 11 heteroatoms. The number of thioether (sulfide) groups is 1. The zero-order valence-electron chi connectivity index (χ0n) is 19.6. The molecular weight excluding hydrogens is 501 g/mol. The summed E-state index contributed by atoms with van der Waals surface area (Å²) in [5, 5.41) is 19.5. The molecule has 0 aliphatic carbocycles. The first-order valence-electron chi connectivity index (χ1n) is 11.1. The molecule has 4 aromatic rings. The minimum atomic E-state index is -0.281. The summed E-state index contributed by atoms with van der Waals surface area (Å²) in [6.45, 7) is 4.20. The van der Waals surface area contributed by atoms with E-state index in [-0.39, 0.29) is 23.6 Å². The largest absolute Gasteiger partial charge is 0.341 e. The Morgan fingerprint density at radius 3 is 2.60 bits per heavy atom. The van der Waals surface area contributed by atoms with Crippen LogP contribution in [0.1, 0.15) is 41.8 Å². The van der Waals surface area contributed by atoms with Gasteiger partial charge in [-0.3, -0.25) is 9.59 Å². The van der Waals surface area contributed by atoms with E-state index in [0.29, 0.717) is 26.9 Å². The molecule has 0 saturated heterocycles. The molecule has 4 rings (SSSR count). The zero-order valence-corrected chi connectivity index (χ0v) is 22.0. The minimum absolute atomic E-state index is 0.124. The number of carbonyl (C=O) groups excluding carboxylic acids is 2. The van der Waals surface area contributed by atoms with Crippen molar-refractivity contribution in [1.82, 2.24) is 25.1 Å². The Balaban J connectivity index is 1.37. The van der Waals surface area contributed by atoms with E-state index in [0.717, 1.165) is 17.7 Å². The van der Waals surface area contributed by atoms with Gasteiger partial charge in [-0.2, -0.15) is 0 Å². The van der Waals surface area contributed by atoms with Crippen LogP contribution in [0, 0.1) is 5.92 Å². The Bertz CT molecular complexity index is 1270. The van der Waals surface area contributed by atoms with Crippen LogP contribution in [0.3, 0.4) is 0 Å². The molecule has 0 radical (unpaired) electrons. The number of thiazole rings is 1. The van der Waals surface area contributed by atoms with Gasteiger partial charge in [-0.15, -0.1) is 32.9 Å². The Kier molecular flexibility index (Phi) is 8.32. The second kappa shape index (κ2) is 11.6. The molecule has 0 spiro atoms. The maximum absolute atomic E-state index is 12.6. The third kappa shape index (κ3) is 6.56. The molecule has 8 nitrogen and oxygen atoms in total. The van der Waals surface area contributed by atoms with Gasteiger partial charge in [0.2, 0.25) is 5.91 Å². The van der Waals surface area contributed by atoms with Crippen LogP contribution in [0.15, 0.2) is 58.4 Å². The minimum Gasteiger partial charge on any atom is -0.341 e. The summed E-state index contributed by atoms with van der Waals surface area (Å²) >= 11 is 4.09. The van der Waals surface area contributed by atoms with Crippen molar-refractivity contribution < 1.29 is 9.59 Å². The Morgan fingerprint density at radius 2 is 1.89 bits per heavy atom. The first-order chi connectivity index (χ1) is 16.9. The molecule has 0 aliphatic rings. The van der Waals surface area contributed by atoms with Gasteiger partial charge in [0.05, 0.1) is 22.4 Å². The number of thiophene rings is 1. The van der Waals surface area contributed by atoms with Gasteiger partial charge in [-0.1, -0.05) is 62.0 Å². The standard InChI is InChI=1S/C24H26N6O2S3/c1-15(2)12-17(25-22(32)19-10-7-11-33-19)21-28-29-24(30(21)3)35-14-20(31)27-23-26-18(13-34-23)16-8-5-4-6-9-16/h4-11,13,15,17H,12,14H2,1-3H3,(H,25,32)(H,26,27,31)/t17-/m0/s1. The number of carbonyl (C=O) groups is 2. The first kappa shape index (κ1) is 25.1. The normalized spacial score (nSPS) is 12.0. The van der Waals surface area contributed by atoms with Crippen molar-refractivity contribution in [3.05, 3.63) is 63.9 Å². The second-order valence-electron chi connectivity index (χ2n) is 8.27. The summed E-state index contributed by atoms with van der Waals surface area (Å²) in [6.07, 6.45) is 0.724. The van der Waals surface area contributed by atoms with Crippen LogP contribution >= 0.6 is 34.4 Å². The average molecular weight is 527 g/mol. The van der Waals surface area contributed by atoms with Crippen molar-refractivity contribution in [3.63, 3.8) is 0 Å². The lowest BCUT2D eigenvalue weighted by molar-refractivity contribution is -0.113. The molecule has 1 atom stereocenters. The number of anilines is 1. The molecule has 3 heterocycles. The Morgan fingerprint density at radius 1 is 1.09 bits per heavy atom. The van der Waals surface area contributed by atoms with Crippen molar-refractivity contribution in [3.8, 4) is 11.3 Å². The summed E-state index contributed by atoms with van der Waals surface area (Å²) < 4.78 is 1.84. The Hall–Kier alpha value is -3.02. The molecule has 2 amide bonds. The van der Waals surface area contributed by atoms with Crippen LogP contribution in [0.5, 0.6) is 0 Å². The second-order valence-corrected chi connectivity index (χ2v) is 11.0. The predicted octanol–water partition coefficient (Wildman–Crippen LogP) is 5.25. The Labute approximate surface area is 216 Å². The van der Waals surface area contributed by atoms with E-state index in [1.54, 1.807) is 6.07 Å². The lowest BCUT2D eigenvalue weighted by Crippen LogP contribution is -2.31. The van der Waals surface area contributed by atoms with Gasteiger partial charge in [0.15, 0.2) is 16.1 Å². The van der Waals surface area contributed by atoms with Gasteiger partial charge < -0.3 is 15.2 Å². The number of nitrogens with one attached hydrogen (secondary N) is 2. The predicted molar refractivity (Wildman–Crippen MR) is 142 cm³/mol. The molecule has 0 fully saturated rings. The molecule has 3 aromatic heterocycles. The fourth-order valence-corrected chi connectivity index (χ4v) is 5.53. The maximum Gasteiger partial charge on any atom is 0.261 e. The highest BCUT2D eigenvalue weighted by molar-refractivity contribution is 7.99. The van der Waals surface area contributed by atoms with Crippen molar-refractivity contribution in [2.24, 2.45) is 13.0 Å². The first-order valence-corrected chi connectivity index (χ1v) is 13.8. The van der Waals surface area contributed by atoms with Gasteiger partial charge in [-0.05, 0) is 23.8 Å². The molecule has 0 unspecified atom stereocenters. The van der Waals surface area contributed by atoms with Crippen molar-refractivity contribution in [2.45, 2.75) is 31.5 Å². The van der Waals surface area contributed by atoms with Gasteiger partial charge in [0.25, 0.3) is 5.91 Å². The lowest BCUT2D eigenvalue weighted by Gasteiger charge is -2.19. The lowest BCUT2D eigenvalue weighted by atomic mass is 10.0. The van der Waals surface area contributed by atoms with Crippen molar-refractivity contribution >= 4 is 51.4 Å². The number of hydrogen-bond acceptors (Lipinski definition) is 8. The van der Waals surface area contributed by atoms with E-state index in [1.807, 2.05) is 58.8 Å². The molecule has 2 N–H and O–H groups in total. The van der Waals surface area contributed by atoms with Crippen LogP contribution in [0.4, 0.5) is 5.13 Å². The van der Waals surface area contributed by atoms with Gasteiger partial charge in [-0.25, -0.2) is 4.98 Å². The maximum atomic E-state index is 12.6. The van der Waals surface area contributed by atoms with Crippen LogP contribution in [-0.4, -0.2) is 37.3 Å². The smallest absolute Gasteiger partial charge is 0.261 e. The number of hydrogen-bond donors (Lipinski definition) is 2. The van der Waals surface area contributed by atoms with Crippen LogP contribution < -0.4 is 10.6 Å². The van der Waals surface area contributed by atoms with Gasteiger partial charge in [0, 0.05) is 18.0 Å². The molecule has 35 heavy (non-hydrogen) atoms. The highest BCUT2D eigenvalue weighted by atomic mass is 32.2. The zero-order chi connectivity index (χ0) is 24.8. The number of amides is 2. The summed E-state index contributed by atoms with van der Waals surface area (Å²) in [6, 6.07) is 13.2. The highest BCUT2D eigenvalue weighted by Gasteiger charge is 2.24. The monoisotopic (exact) mass is 526 g/mol. The summed E-state index contributed by atoms with van der Waals surface area (Å²) in [4.78, 5) is 30.3. The third-order valence-electron chi connectivity index (χ3n) is 5.09. The third-order valence-corrected chi connectivity index (χ3v) is 7.74. The van der Waals surface area contributed by atoms with Gasteiger partial charge >= 0.3 is 0 Å². The number of aromatic nitrogens is 4. The van der Waals surface area contributed by atoms with Crippen LogP contribution in [0.25, 0.3) is 11.3 Å². The highest BCUT2D eigenvalue weighted by Crippen LogP contribution is 2.26. The van der Waals surface area contributed by atoms with E-state index in [1.165, 1.54) is 34.4 Å². The van der Waals surface area contributed by atoms with E-state index >= 15 is 0 Å². The topological polar surface area (TPSA) is 102 Å². The SMILES string of the molecule is CC(C)C[C@H](NC(=O)c1cccs1)c1nnc(SCC(=O)Nc2nc(-c3ccccc3)cs2)n1C. The van der Waals surface area contributed by atoms with E-state index in [9.17, 15) is 9.59 Å². The van der Waals surface area contributed by atoms with Crippen molar-refractivity contribution in [1.29, 1.82) is 0 Å². The number of benzene rings is 1. The number of rotatable bonds is 10. The fourth-order valence-electron chi connectivity index (χ4n) is 3.45. The van der Waals surface area contributed by atoms with Crippen molar-refractivity contribution in [2.75, 3.05) is 11.1 Å². The molecule has 0 saturated carbocycles. The van der Waals surface area contributed by atoms with Gasteiger partial charge in [0.1, 0.15) is 0 Å². The van der Waals surface area contributed by atoms with E-state index in [2.05, 4.69) is 39.7 Å². The number of nitrogens with zero attached hydrogens (tertiary/aromatic N) is 4. The summed E-state index contributed by atoms with van der Waals surface area (Å²) in [7, 11) is 1.85. The molecule has 1 aromatic carbocycles. The molecule has 0 bridgehead atoms.